The molecule has 1 aromatic carbocycles. The van der Waals surface area contributed by atoms with Crippen molar-refractivity contribution in [2.24, 2.45) is 0 Å². The Labute approximate surface area is 134 Å². The fraction of sp³-hybridized carbons (Fsp3) is 0.312. The number of nitrogens with one attached hydrogen (secondary N) is 1. The first-order chi connectivity index (χ1) is 10.6. The van der Waals surface area contributed by atoms with Crippen LogP contribution in [0.15, 0.2) is 34.9 Å². The van der Waals surface area contributed by atoms with Gasteiger partial charge in [0.05, 0.1) is 16.7 Å². The molecule has 0 aliphatic carbocycles. The van der Waals surface area contributed by atoms with Crippen molar-refractivity contribution in [3.05, 3.63) is 40.4 Å². The lowest BCUT2D eigenvalue weighted by Gasteiger charge is -2.15. The van der Waals surface area contributed by atoms with Crippen molar-refractivity contribution in [3.63, 3.8) is 0 Å². The molecule has 1 amide bonds. The second-order valence-electron chi connectivity index (χ2n) is 4.86. The number of carbonyl (C=O) groups excluding carboxylic acids is 2. The monoisotopic (exact) mass is 315 g/mol. The van der Waals surface area contributed by atoms with Crippen molar-refractivity contribution in [2.75, 3.05) is 18.4 Å². The molecule has 1 aliphatic rings. The van der Waals surface area contributed by atoms with Gasteiger partial charge < -0.3 is 10.2 Å². The number of aldehydes is 1. The van der Waals surface area contributed by atoms with Gasteiger partial charge >= 0.3 is 0 Å². The van der Waals surface area contributed by atoms with E-state index in [2.05, 4.69) is 11.4 Å². The summed E-state index contributed by atoms with van der Waals surface area (Å²) < 4.78 is 0. The standard InChI is InChI=1S/C16H17N3O2S/c1-3-19-15(21)14(22-16(19)11(2)8-17)9-18-13-6-4-5-12(7-13)10-20/h4-7,10,14,18H,3,9H2,1-2H3/b16-11+. The van der Waals surface area contributed by atoms with Gasteiger partial charge in [0, 0.05) is 24.3 Å². The number of amides is 1. The number of anilines is 1. The highest BCUT2D eigenvalue weighted by Gasteiger charge is 2.36. The minimum Gasteiger partial charge on any atom is -0.383 e. The number of hydrogen-bond acceptors (Lipinski definition) is 5. The predicted octanol–water partition coefficient (Wildman–Crippen LogP) is 2.63. The van der Waals surface area contributed by atoms with Crippen LogP contribution in [0, 0.1) is 11.3 Å². The summed E-state index contributed by atoms with van der Waals surface area (Å²) in [5, 5.41) is 12.7. The summed E-state index contributed by atoms with van der Waals surface area (Å²) in [6.07, 6.45) is 0.788. The number of benzene rings is 1. The highest BCUT2D eigenvalue weighted by Crippen LogP contribution is 2.36. The molecule has 6 heteroatoms. The molecule has 0 spiro atoms. The minimum atomic E-state index is -0.266. The van der Waals surface area contributed by atoms with Gasteiger partial charge in [0.1, 0.15) is 11.5 Å². The normalized spacial score (nSPS) is 19.8. The fourth-order valence-electron chi connectivity index (χ4n) is 2.22. The number of nitriles is 1. The van der Waals surface area contributed by atoms with Crippen molar-refractivity contribution in [3.8, 4) is 6.07 Å². The van der Waals surface area contributed by atoms with Gasteiger partial charge in [-0.15, -0.1) is 0 Å². The van der Waals surface area contributed by atoms with Crippen LogP contribution in [0.2, 0.25) is 0 Å². The Morgan fingerprint density at radius 2 is 2.32 bits per heavy atom. The number of nitrogens with zero attached hydrogens (tertiary/aromatic N) is 2. The lowest BCUT2D eigenvalue weighted by Crippen LogP contribution is -2.32. The van der Waals surface area contributed by atoms with E-state index in [4.69, 9.17) is 5.26 Å². The number of allylic oxidation sites excluding steroid dienone is 1. The third-order valence-corrected chi connectivity index (χ3v) is 4.76. The molecule has 22 heavy (non-hydrogen) atoms. The summed E-state index contributed by atoms with van der Waals surface area (Å²) >= 11 is 1.41. The average molecular weight is 315 g/mol. The number of carbonyl (C=O) groups is 2. The van der Waals surface area contributed by atoms with Crippen LogP contribution in [0.1, 0.15) is 24.2 Å². The van der Waals surface area contributed by atoms with E-state index < -0.39 is 0 Å². The summed E-state index contributed by atoms with van der Waals surface area (Å²) in [5.74, 6) is 0.0103. The van der Waals surface area contributed by atoms with E-state index in [0.717, 1.165) is 17.0 Å². The molecule has 1 atom stereocenters. The molecule has 1 saturated heterocycles. The van der Waals surface area contributed by atoms with Crippen LogP contribution in [-0.2, 0) is 4.79 Å². The molecule has 114 valence electrons. The van der Waals surface area contributed by atoms with Gasteiger partial charge in [-0.05, 0) is 26.0 Å². The van der Waals surface area contributed by atoms with Gasteiger partial charge in [-0.1, -0.05) is 23.9 Å². The summed E-state index contributed by atoms with van der Waals surface area (Å²) in [6.45, 7) is 4.62. The van der Waals surface area contributed by atoms with Crippen molar-refractivity contribution in [2.45, 2.75) is 19.1 Å². The predicted molar refractivity (Wildman–Crippen MR) is 87.4 cm³/mol. The smallest absolute Gasteiger partial charge is 0.242 e. The Morgan fingerprint density at radius 3 is 2.95 bits per heavy atom. The van der Waals surface area contributed by atoms with Crippen LogP contribution in [0.4, 0.5) is 5.69 Å². The molecule has 1 unspecified atom stereocenters. The van der Waals surface area contributed by atoms with Crippen molar-refractivity contribution < 1.29 is 9.59 Å². The van der Waals surface area contributed by atoms with Gasteiger partial charge in [0.25, 0.3) is 0 Å². The Kier molecular flexibility index (Phi) is 5.23. The van der Waals surface area contributed by atoms with Crippen LogP contribution in [0.3, 0.4) is 0 Å². The lowest BCUT2D eigenvalue weighted by molar-refractivity contribution is -0.127. The molecule has 0 bridgehead atoms. The van der Waals surface area contributed by atoms with Gasteiger partial charge in [-0.25, -0.2) is 0 Å². The highest BCUT2D eigenvalue weighted by molar-refractivity contribution is 8.04. The minimum absolute atomic E-state index is 0.0103. The van der Waals surface area contributed by atoms with E-state index in [1.54, 1.807) is 30.0 Å². The topological polar surface area (TPSA) is 73.2 Å². The van der Waals surface area contributed by atoms with E-state index in [0.29, 0.717) is 24.2 Å². The SMILES string of the molecule is CCN1C(=O)C(CNc2cccc(C=O)c2)S/C1=C(\C)C#N. The third kappa shape index (κ3) is 3.31. The highest BCUT2D eigenvalue weighted by atomic mass is 32.2. The van der Waals surface area contributed by atoms with E-state index in [9.17, 15) is 9.59 Å². The Morgan fingerprint density at radius 1 is 1.55 bits per heavy atom. The van der Waals surface area contributed by atoms with Crippen LogP contribution in [-0.4, -0.2) is 35.4 Å². The second kappa shape index (κ2) is 7.14. The molecule has 1 aromatic rings. The second-order valence-corrected chi connectivity index (χ2v) is 6.05. The zero-order chi connectivity index (χ0) is 16.1. The maximum Gasteiger partial charge on any atom is 0.242 e. The Hall–Kier alpha value is -2.26. The zero-order valence-corrected chi connectivity index (χ0v) is 13.3. The van der Waals surface area contributed by atoms with Gasteiger partial charge in [-0.3, -0.25) is 9.59 Å². The van der Waals surface area contributed by atoms with Crippen LogP contribution in [0.25, 0.3) is 0 Å². The maximum absolute atomic E-state index is 12.4. The maximum atomic E-state index is 12.4. The molecule has 1 aliphatic heterocycles. The summed E-state index contributed by atoms with van der Waals surface area (Å²) in [4.78, 5) is 24.8. The molecule has 1 fully saturated rings. The first-order valence-electron chi connectivity index (χ1n) is 6.98. The largest absolute Gasteiger partial charge is 0.383 e. The van der Waals surface area contributed by atoms with Crippen LogP contribution in [0.5, 0.6) is 0 Å². The molecule has 2 rings (SSSR count). The first kappa shape index (κ1) is 16.1. The molecule has 0 aromatic heterocycles. The van der Waals surface area contributed by atoms with Gasteiger partial charge in [-0.2, -0.15) is 5.26 Å². The van der Waals surface area contributed by atoms with Crippen molar-refractivity contribution in [1.29, 1.82) is 5.26 Å². The Bertz CT molecular complexity index is 664. The Balaban J connectivity index is 2.09. The number of thioether (sulfide) groups is 1. The van der Waals surface area contributed by atoms with Crippen LogP contribution >= 0.6 is 11.8 Å². The zero-order valence-electron chi connectivity index (χ0n) is 12.5. The van der Waals surface area contributed by atoms with E-state index in [1.165, 1.54) is 11.8 Å². The average Bonchev–Trinajstić information content (AvgIpc) is 2.88. The molecule has 5 nitrogen and oxygen atoms in total. The van der Waals surface area contributed by atoms with Crippen LogP contribution < -0.4 is 5.32 Å². The molecule has 0 radical (unpaired) electrons. The van der Waals surface area contributed by atoms with Gasteiger partial charge in [0.2, 0.25) is 5.91 Å². The van der Waals surface area contributed by atoms with E-state index in [1.807, 2.05) is 13.0 Å². The van der Waals surface area contributed by atoms with E-state index >= 15 is 0 Å². The molecular weight excluding hydrogens is 298 g/mol. The summed E-state index contributed by atoms with van der Waals surface area (Å²) in [5.41, 5.74) is 1.95. The van der Waals surface area contributed by atoms with Crippen molar-refractivity contribution >= 4 is 29.6 Å². The quantitative estimate of drug-likeness (QED) is 0.668. The first-order valence-corrected chi connectivity index (χ1v) is 7.86. The summed E-state index contributed by atoms with van der Waals surface area (Å²) in [7, 11) is 0. The van der Waals surface area contributed by atoms with E-state index in [-0.39, 0.29) is 11.2 Å². The lowest BCUT2D eigenvalue weighted by atomic mass is 10.2. The third-order valence-electron chi connectivity index (χ3n) is 3.36. The van der Waals surface area contributed by atoms with Gasteiger partial charge in [0.15, 0.2) is 0 Å². The molecule has 1 N–H and O–H groups in total. The fourth-order valence-corrected chi connectivity index (χ4v) is 3.46. The van der Waals surface area contributed by atoms with Crippen molar-refractivity contribution in [1.82, 2.24) is 4.90 Å². The molecular formula is C16H17N3O2S. The number of hydrogen-bond donors (Lipinski definition) is 1. The molecule has 1 heterocycles. The number of rotatable bonds is 5. The summed E-state index contributed by atoms with van der Waals surface area (Å²) in [6, 6.07) is 9.22. The molecule has 0 saturated carbocycles.